The SMILES string of the molecule is Cn1cnnc1[C@H](c1cccc(N2Cc3c(cc(CNC4(C)CCC4)cc3C(F)(F)F)C2O)c1)C1CCC1. The number of aliphatic hydroxyl groups is 1. The molecule has 1 aromatic heterocycles. The lowest BCUT2D eigenvalue weighted by Crippen LogP contribution is -2.47. The van der Waals surface area contributed by atoms with E-state index in [0.29, 0.717) is 29.3 Å². The van der Waals surface area contributed by atoms with Gasteiger partial charge in [-0.2, -0.15) is 13.2 Å². The zero-order chi connectivity index (χ0) is 26.7. The molecule has 2 fully saturated rings. The molecule has 3 aliphatic rings. The van der Waals surface area contributed by atoms with Crippen molar-refractivity contribution in [3.8, 4) is 0 Å². The van der Waals surface area contributed by atoms with Crippen molar-refractivity contribution < 1.29 is 18.3 Å². The van der Waals surface area contributed by atoms with Crippen LogP contribution in [0.4, 0.5) is 18.9 Å². The number of aromatic nitrogens is 3. The summed E-state index contributed by atoms with van der Waals surface area (Å²) in [6.45, 7) is 2.45. The molecule has 9 heteroatoms. The van der Waals surface area contributed by atoms with E-state index in [4.69, 9.17) is 0 Å². The van der Waals surface area contributed by atoms with E-state index in [1.54, 1.807) is 17.3 Å². The molecule has 2 heterocycles. The van der Waals surface area contributed by atoms with Crippen molar-refractivity contribution in [3.05, 3.63) is 76.4 Å². The molecule has 2 aliphatic carbocycles. The molecule has 2 aromatic carbocycles. The van der Waals surface area contributed by atoms with Crippen molar-refractivity contribution in [2.45, 2.75) is 82.4 Å². The minimum absolute atomic E-state index is 0.00171. The van der Waals surface area contributed by atoms with Crippen molar-refractivity contribution in [1.82, 2.24) is 20.1 Å². The number of hydrogen-bond acceptors (Lipinski definition) is 5. The van der Waals surface area contributed by atoms with E-state index in [9.17, 15) is 18.3 Å². The Bertz CT molecular complexity index is 1330. The lowest BCUT2D eigenvalue weighted by Gasteiger charge is -2.39. The van der Waals surface area contributed by atoms with E-state index in [2.05, 4.69) is 22.4 Å². The molecule has 0 saturated heterocycles. The minimum Gasteiger partial charge on any atom is -0.369 e. The molecule has 2 N–H and O–H groups in total. The Morgan fingerprint density at radius 3 is 2.55 bits per heavy atom. The van der Waals surface area contributed by atoms with Crippen LogP contribution in [-0.2, 0) is 26.3 Å². The molecule has 1 aliphatic heterocycles. The first-order valence-corrected chi connectivity index (χ1v) is 13.5. The highest BCUT2D eigenvalue weighted by Crippen LogP contribution is 2.46. The fourth-order valence-electron chi connectivity index (χ4n) is 6.25. The highest BCUT2D eigenvalue weighted by Gasteiger charge is 2.41. The highest BCUT2D eigenvalue weighted by molar-refractivity contribution is 5.58. The van der Waals surface area contributed by atoms with E-state index in [1.165, 1.54) is 12.5 Å². The van der Waals surface area contributed by atoms with Crippen molar-refractivity contribution in [2.24, 2.45) is 13.0 Å². The number of halogens is 3. The van der Waals surface area contributed by atoms with Crippen LogP contribution in [0.3, 0.4) is 0 Å². The number of nitrogens with one attached hydrogen (secondary N) is 1. The summed E-state index contributed by atoms with van der Waals surface area (Å²) in [5.41, 5.74) is 2.10. The van der Waals surface area contributed by atoms with E-state index >= 15 is 0 Å². The van der Waals surface area contributed by atoms with Gasteiger partial charge in [0.15, 0.2) is 6.23 Å². The van der Waals surface area contributed by atoms with Crippen LogP contribution in [0.25, 0.3) is 0 Å². The van der Waals surface area contributed by atoms with Crippen LogP contribution < -0.4 is 10.2 Å². The average Bonchev–Trinajstić information content (AvgIpc) is 3.40. The van der Waals surface area contributed by atoms with Crippen LogP contribution in [0.2, 0.25) is 0 Å². The molecule has 2 saturated carbocycles. The first kappa shape index (κ1) is 25.4. The number of anilines is 1. The fraction of sp³-hybridized carbons (Fsp3) is 0.517. The third-order valence-corrected chi connectivity index (χ3v) is 8.93. The van der Waals surface area contributed by atoms with Gasteiger partial charge in [0.05, 0.1) is 5.56 Å². The highest BCUT2D eigenvalue weighted by atomic mass is 19.4. The van der Waals surface area contributed by atoms with Crippen molar-refractivity contribution >= 4 is 5.69 Å². The molecule has 38 heavy (non-hydrogen) atoms. The summed E-state index contributed by atoms with van der Waals surface area (Å²) in [4.78, 5) is 1.67. The van der Waals surface area contributed by atoms with Crippen LogP contribution in [0.1, 0.15) is 91.2 Å². The molecule has 6 rings (SSSR count). The Morgan fingerprint density at radius 2 is 1.95 bits per heavy atom. The van der Waals surface area contributed by atoms with Gasteiger partial charge in [0.25, 0.3) is 0 Å². The maximum absolute atomic E-state index is 14.2. The van der Waals surface area contributed by atoms with Crippen molar-refractivity contribution in [3.63, 3.8) is 0 Å². The lowest BCUT2D eigenvalue weighted by molar-refractivity contribution is -0.138. The summed E-state index contributed by atoms with van der Waals surface area (Å²) in [5, 5.41) is 23.2. The van der Waals surface area contributed by atoms with Crippen LogP contribution in [0.15, 0.2) is 42.7 Å². The Morgan fingerprint density at radius 1 is 1.16 bits per heavy atom. The lowest BCUT2D eigenvalue weighted by atomic mass is 9.72. The van der Waals surface area contributed by atoms with Crippen LogP contribution in [-0.4, -0.2) is 25.4 Å². The van der Waals surface area contributed by atoms with E-state index in [1.807, 2.05) is 35.9 Å². The largest absolute Gasteiger partial charge is 0.416 e. The van der Waals surface area contributed by atoms with Crippen molar-refractivity contribution in [1.29, 1.82) is 0 Å². The summed E-state index contributed by atoms with van der Waals surface area (Å²) in [7, 11) is 1.93. The molecular formula is C29H34F3N5O. The van der Waals surface area contributed by atoms with Gasteiger partial charge in [-0.15, -0.1) is 10.2 Å². The number of alkyl halides is 3. The Labute approximate surface area is 220 Å². The summed E-state index contributed by atoms with van der Waals surface area (Å²) in [6.07, 6.45) is 2.59. The normalized spacial score (nSPS) is 21.6. The standard InChI is InChI=1S/C29H34F3N5O/c1-28(10-5-11-28)33-15-18-12-22-23(24(13-18)29(30,31)32)16-37(27(22)38)21-9-4-8-20(14-21)25(19-6-3-7-19)26-35-34-17-36(26)2/h4,8-9,12-14,17,19,25,27,33,38H,3,5-7,10-11,15-16H2,1-2H3/t25-,27?/m0/s1. The molecule has 6 nitrogen and oxygen atoms in total. The van der Waals surface area contributed by atoms with Gasteiger partial charge < -0.3 is 19.9 Å². The maximum atomic E-state index is 14.2. The second kappa shape index (κ2) is 9.38. The van der Waals surface area contributed by atoms with E-state index in [-0.39, 0.29) is 23.6 Å². The number of hydrogen-bond donors (Lipinski definition) is 2. The molecule has 0 bridgehead atoms. The predicted octanol–water partition coefficient (Wildman–Crippen LogP) is 5.81. The van der Waals surface area contributed by atoms with E-state index < -0.39 is 18.0 Å². The monoisotopic (exact) mass is 525 g/mol. The zero-order valence-electron chi connectivity index (χ0n) is 21.8. The summed E-state index contributed by atoms with van der Waals surface area (Å²) < 4.78 is 44.5. The molecule has 202 valence electrons. The fourth-order valence-corrected chi connectivity index (χ4v) is 6.25. The summed E-state index contributed by atoms with van der Waals surface area (Å²) in [5.74, 6) is 1.38. The Balaban J connectivity index is 1.32. The van der Waals surface area contributed by atoms with Crippen LogP contribution in [0, 0.1) is 5.92 Å². The quantitative estimate of drug-likeness (QED) is 0.408. The van der Waals surface area contributed by atoms with Crippen LogP contribution >= 0.6 is 0 Å². The number of rotatable bonds is 7. The van der Waals surface area contributed by atoms with Gasteiger partial charge in [-0.05, 0) is 85.9 Å². The number of aryl methyl sites for hydroxylation is 1. The number of aliphatic hydroxyl groups excluding tert-OH is 1. The van der Waals surface area contributed by atoms with Gasteiger partial charge in [0, 0.05) is 42.8 Å². The average molecular weight is 526 g/mol. The Hall–Kier alpha value is -2.91. The first-order valence-electron chi connectivity index (χ1n) is 13.5. The molecule has 0 amide bonds. The minimum atomic E-state index is -4.50. The second-order valence-corrected chi connectivity index (χ2v) is 11.5. The smallest absolute Gasteiger partial charge is 0.369 e. The molecule has 1 unspecified atom stereocenters. The van der Waals surface area contributed by atoms with Crippen molar-refractivity contribution in [2.75, 3.05) is 4.90 Å². The van der Waals surface area contributed by atoms with Gasteiger partial charge in [0.1, 0.15) is 12.2 Å². The Kier molecular flexibility index (Phi) is 6.26. The second-order valence-electron chi connectivity index (χ2n) is 11.5. The third kappa shape index (κ3) is 4.49. The van der Waals surface area contributed by atoms with Gasteiger partial charge >= 0.3 is 6.18 Å². The van der Waals surface area contributed by atoms with E-state index in [0.717, 1.165) is 43.5 Å². The van der Waals surface area contributed by atoms with Crippen LogP contribution in [0.5, 0.6) is 0 Å². The zero-order valence-corrected chi connectivity index (χ0v) is 21.8. The molecule has 0 spiro atoms. The molecular weight excluding hydrogens is 491 g/mol. The molecule has 0 radical (unpaired) electrons. The predicted molar refractivity (Wildman–Crippen MR) is 138 cm³/mol. The number of fused-ring (bicyclic) bond motifs is 1. The third-order valence-electron chi connectivity index (χ3n) is 8.93. The van der Waals surface area contributed by atoms with Gasteiger partial charge in [-0.25, -0.2) is 0 Å². The summed E-state index contributed by atoms with van der Waals surface area (Å²) in [6, 6.07) is 10.8. The number of nitrogens with zero attached hydrogens (tertiary/aromatic N) is 4. The molecule has 3 aromatic rings. The maximum Gasteiger partial charge on any atom is 0.416 e. The van der Waals surface area contributed by atoms with Gasteiger partial charge in [-0.1, -0.05) is 18.6 Å². The summed E-state index contributed by atoms with van der Waals surface area (Å²) >= 11 is 0. The molecule has 2 atom stereocenters. The van der Waals surface area contributed by atoms with Gasteiger partial charge in [-0.3, -0.25) is 0 Å². The first-order chi connectivity index (χ1) is 18.1. The number of benzene rings is 2. The topological polar surface area (TPSA) is 66.2 Å². The van der Waals surface area contributed by atoms with Gasteiger partial charge in [0.2, 0.25) is 0 Å².